The zero-order chi connectivity index (χ0) is 23.8. The van der Waals surface area contributed by atoms with Crippen LogP contribution in [0.25, 0.3) is 27.7 Å². The molecule has 0 saturated heterocycles. The monoisotopic (exact) mass is 501 g/mol. The van der Waals surface area contributed by atoms with Crippen LogP contribution in [0.15, 0.2) is 24.7 Å². The van der Waals surface area contributed by atoms with Gasteiger partial charge in [-0.05, 0) is 18.6 Å². The molecular weight excluding hydrogens is 482 g/mol. The number of nitrogens with one attached hydrogen (secondary N) is 2. The largest absolute Gasteiger partial charge is 0.389 e. The maximum absolute atomic E-state index is 12.5. The highest BCUT2D eigenvalue weighted by molar-refractivity contribution is 7.19. The number of thiophene rings is 1. The number of carbonyl (C=O) groups excluding carboxylic acids is 1. The van der Waals surface area contributed by atoms with Gasteiger partial charge in [0.15, 0.2) is 17.0 Å². The minimum atomic E-state index is -1.18. The number of anilines is 1. The molecule has 4 N–H and O–H groups in total. The van der Waals surface area contributed by atoms with Crippen LogP contribution in [0.1, 0.15) is 12.5 Å². The third-order valence-electron chi connectivity index (χ3n) is 6.81. The molecule has 0 spiro atoms. The number of carbonyl (C=O) groups is 1. The fraction of sp³-hybridized carbons (Fsp3) is 0.400. The van der Waals surface area contributed by atoms with Gasteiger partial charge < -0.3 is 25.4 Å². The van der Waals surface area contributed by atoms with E-state index in [0.29, 0.717) is 33.4 Å². The maximum atomic E-state index is 12.5. The molecule has 2 aliphatic carbocycles. The average molecular weight is 502 g/mol. The molecule has 14 heteroatoms. The summed E-state index contributed by atoms with van der Waals surface area (Å²) in [6.07, 6.45) is 1.41. The predicted octanol–water partition coefficient (Wildman–Crippen LogP) is 0.859. The Kier molecular flexibility index (Phi) is 4.68. The Bertz CT molecular complexity index is 1430. The van der Waals surface area contributed by atoms with Crippen LogP contribution in [0.2, 0.25) is 4.34 Å². The summed E-state index contributed by atoms with van der Waals surface area (Å²) in [5.41, 5.74) is 0.570. The van der Waals surface area contributed by atoms with Crippen LogP contribution in [0.4, 0.5) is 5.82 Å². The highest BCUT2D eigenvalue weighted by Gasteiger charge is 2.75. The summed E-state index contributed by atoms with van der Waals surface area (Å²) >= 11 is 7.43. The van der Waals surface area contributed by atoms with Gasteiger partial charge in [0.25, 0.3) is 5.95 Å². The molecule has 0 radical (unpaired) electrons. The Hall–Kier alpha value is -3.13. The molecule has 2 unspecified atom stereocenters. The minimum absolute atomic E-state index is 0.243. The number of aromatic nitrogens is 7. The number of aliphatic hydroxyl groups is 2. The van der Waals surface area contributed by atoms with Crippen LogP contribution in [0, 0.1) is 11.3 Å². The van der Waals surface area contributed by atoms with E-state index in [9.17, 15) is 15.0 Å². The summed E-state index contributed by atoms with van der Waals surface area (Å²) in [4.78, 5) is 27.0. The average Bonchev–Trinajstić information content (AvgIpc) is 3.26. The minimum Gasteiger partial charge on any atom is -0.389 e. The smallest absolute Gasteiger partial charge is 0.256 e. The van der Waals surface area contributed by atoms with Crippen molar-refractivity contribution in [2.75, 3.05) is 19.4 Å². The molecular formula is C20H20ClN9O3S. The van der Waals surface area contributed by atoms with E-state index < -0.39 is 23.7 Å². The molecule has 0 aliphatic heterocycles. The second-order valence-corrected chi connectivity index (χ2v) is 10.2. The Labute approximate surface area is 201 Å². The molecule has 0 bridgehead atoms. The molecule has 2 fully saturated rings. The molecule has 34 heavy (non-hydrogen) atoms. The van der Waals surface area contributed by atoms with Crippen molar-refractivity contribution in [1.82, 2.24) is 39.8 Å². The highest BCUT2D eigenvalue weighted by atomic mass is 35.5. The van der Waals surface area contributed by atoms with Crippen molar-refractivity contribution >= 4 is 45.8 Å². The maximum Gasteiger partial charge on any atom is 0.256 e. The number of hydrogen-bond donors (Lipinski definition) is 4. The lowest BCUT2D eigenvalue weighted by molar-refractivity contribution is -0.132. The number of rotatable bonds is 5. The number of aliphatic hydroxyl groups excluding tert-OH is 2. The van der Waals surface area contributed by atoms with E-state index >= 15 is 0 Å². The number of nitrogens with zero attached hydrogens (tertiary/aromatic N) is 7. The molecule has 2 saturated carbocycles. The van der Waals surface area contributed by atoms with Crippen molar-refractivity contribution in [2.45, 2.75) is 24.7 Å². The lowest BCUT2D eigenvalue weighted by Gasteiger charge is -2.23. The second kappa shape index (κ2) is 7.43. The first-order valence-electron chi connectivity index (χ1n) is 10.6. The number of fused-ring (bicyclic) bond motifs is 2. The Morgan fingerprint density at radius 3 is 2.82 bits per heavy atom. The van der Waals surface area contributed by atoms with Crippen molar-refractivity contribution in [3.63, 3.8) is 0 Å². The number of hydrogen-bond acceptors (Lipinski definition) is 10. The molecule has 176 valence electrons. The summed E-state index contributed by atoms with van der Waals surface area (Å²) in [5, 5.41) is 35.6. The highest BCUT2D eigenvalue weighted by Crippen LogP contribution is 2.67. The molecule has 4 heterocycles. The van der Waals surface area contributed by atoms with Gasteiger partial charge in [-0.15, -0.1) is 16.4 Å². The standard InChI is InChI=1S/C20H20ClN9O3S/c1-22-16-12-17(26-19(25-16)30-6-9(27-28-30)10-3-4-11(21)34-10)29(7-24-12)13-8-5-20(8,18(33)23-2)15(32)14(13)31/h3-4,6-8,13-15,31-32H,5H2,1-2H3,(H,23,33)(H,22,25,26)/t8?,13-,14+,15+,20?/m1/s1. The van der Waals surface area contributed by atoms with Crippen LogP contribution >= 0.6 is 22.9 Å². The van der Waals surface area contributed by atoms with Crippen LogP contribution in [-0.4, -0.2) is 76.9 Å². The molecule has 4 aromatic rings. The Morgan fingerprint density at radius 2 is 2.12 bits per heavy atom. The van der Waals surface area contributed by atoms with E-state index in [1.54, 1.807) is 30.2 Å². The lowest BCUT2D eigenvalue weighted by atomic mass is 9.98. The van der Waals surface area contributed by atoms with Gasteiger partial charge in [-0.1, -0.05) is 16.8 Å². The quantitative estimate of drug-likeness (QED) is 0.311. The van der Waals surface area contributed by atoms with Gasteiger partial charge in [-0.2, -0.15) is 14.6 Å². The molecule has 5 atom stereocenters. The number of halogens is 1. The first kappa shape index (κ1) is 21.4. The third-order valence-corrected chi connectivity index (χ3v) is 8.07. The molecule has 2 aliphatic rings. The van der Waals surface area contributed by atoms with Crippen LogP contribution in [-0.2, 0) is 4.79 Å². The topological polar surface area (TPSA) is 156 Å². The third kappa shape index (κ3) is 2.84. The normalized spacial score (nSPS) is 27.7. The molecule has 6 rings (SSSR count). The Balaban J connectivity index is 1.43. The summed E-state index contributed by atoms with van der Waals surface area (Å²) in [6.45, 7) is 0. The summed E-state index contributed by atoms with van der Waals surface area (Å²) in [5.74, 6) is 0.205. The van der Waals surface area contributed by atoms with Crippen molar-refractivity contribution in [1.29, 1.82) is 0 Å². The summed E-state index contributed by atoms with van der Waals surface area (Å²) in [6, 6.07) is 3.09. The van der Waals surface area contributed by atoms with Crippen molar-refractivity contribution in [3.05, 3.63) is 29.0 Å². The van der Waals surface area contributed by atoms with Crippen LogP contribution in [0.3, 0.4) is 0 Å². The van der Waals surface area contributed by atoms with Crippen molar-refractivity contribution in [3.8, 4) is 16.5 Å². The molecule has 0 aromatic carbocycles. The van der Waals surface area contributed by atoms with Crippen LogP contribution in [0.5, 0.6) is 0 Å². The van der Waals surface area contributed by atoms with Gasteiger partial charge in [-0.25, -0.2) is 4.98 Å². The van der Waals surface area contributed by atoms with E-state index in [-0.39, 0.29) is 17.8 Å². The first-order valence-corrected chi connectivity index (χ1v) is 11.8. The predicted molar refractivity (Wildman–Crippen MR) is 124 cm³/mol. The van der Waals surface area contributed by atoms with Crippen molar-refractivity contribution < 1.29 is 15.0 Å². The summed E-state index contributed by atoms with van der Waals surface area (Å²) < 4.78 is 3.81. The van der Waals surface area contributed by atoms with E-state index in [2.05, 4.69) is 35.9 Å². The van der Waals surface area contributed by atoms with Gasteiger partial charge >= 0.3 is 0 Å². The molecule has 1 amide bonds. The number of imidazole rings is 1. The van der Waals surface area contributed by atoms with Gasteiger partial charge in [0, 0.05) is 20.0 Å². The first-order chi connectivity index (χ1) is 16.4. The SMILES string of the molecule is CNC(=O)C12CC1[C@@H](n1cnc3c(NC)nc(-n4cc(-c5ccc(Cl)s5)nn4)nc31)[C@H](O)[C@@H]2O. The summed E-state index contributed by atoms with van der Waals surface area (Å²) in [7, 11) is 3.25. The van der Waals surface area contributed by atoms with Gasteiger partial charge in [-0.3, -0.25) is 4.79 Å². The zero-order valence-electron chi connectivity index (χ0n) is 18.0. The molecule has 4 aromatic heterocycles. The fourth-order valence-corrected chi connectivity index (χ4v) is 6.11. The van der Waals surface area contributed by atoms with E-state index in [4.69, 9.17) is 11.6 Å². The van der Waals surface area contributed by atoms with E-state index in [1.807, 2.05) is 6.07 Å². The van der Waals surface area contributed by atoms with E-state index in [0.717, 1.165) is 4.88 Å². The Morgan fingerprint density at radius 1 is 1.29 bits per heavy atom. The van der Waals surface area contributed by atoms with Crippen LogP contribution < -0.4 is 10.6 Å². The fourth-order valence-electron chi connectivity index (χ4n) is 5.11. The number of amides is 1. The second-order valence-electron chi connectivity index (χ2n) is 8.45. The van der Waals surface area contributed by atoms with Crippen molar-refractivity contribution in [2.24, 2.45) is 11.3 Å². The molecule has 12 nitrogen and oxygen atoms in total. The lowest BCUT2D eigenvalue weighted by Crippen LogP contribution is -2.41. The van der Waals surface area contributed by atoms with E-state index in [1.165, 1.54) is 23.1 Å². The van der Waals surface area contributed by atoms with Gasteiger partial charge in [0.1, 0.15) is 11.8 Å². The zero-order valence-corrected chi connectivity index (χ0v) is 19.6. The van der Waals surface area contributed by atoms with Gasteiger partial charge in [0.05, 0.1) is 39.3 Å². The van der Waals surface area contributed by atoms with Gasteiger partial charge in [0.2, 0.25) is 5.91 Å².